The number of halogens is 1. The summed E-state index contributed by atoms with van der Waals surface area (Å²) in [5.41, 5.74) is 1.44. The molecule has 1 aliphatic carbocycles. The number of esters is 1. The molecule has 0 radical (unpaired) electrons. The molecule has 1 N–H and O–H groups in total. The van der Waals surface area contributed by atoms with Gasteiger partial charge in [-0.15, -0.1) is 0 Å². The molecule has 1 saturated carbocycles. The number of carbonyl (C=O) groups is 2. The van der Waals surface area contributed by atoms with Crippen LogP contribution >= 0.6 is 11.6 Å². The maximum absolute atomic E-state index is 11.9. The molecule has 7 heteroatoms. The molecule has 1 atom stereocenters. The topological polar surface area (TPSA) is 73.2 Å². The number of amides is 1. The molecule has 132 valence electrons. The van der Waals surface area contributed by atoms with Crippen LogP contribution in [0.25, 0.3) is 6.08 Å². The number of unbranched alkanes of at least 4 members (excludes halogenated alkanes) is 1. The highest BCUT2D eigenvalue weighted by Gasteiger charge is 2.26. The van der Waals surface area contributed by atoms with Gasteiger partial charge in [0.1, 0.15) is 5.15 Å². The predicted octanol–water partition coefficient (Wildman–Crippen LogP) is 2.87. The highest BCUT2D eigenvalue weighted by molar-refractivity contribution is 6.31. The lowest BCUT2D eigenvalue weighted by atomic mass is 10.2. The standard InChI is InChI=1S/C17H24ClN3O3/c1-4-5-10-21-16(18)14(11(2)20-21)8-9-15(22)24-12(3)17(23)19-13-6-7-13/h8-9,12-13H,4-7,10H2,1-3H3,(H,19,23)/b9-8+/t12-/m0/s1. The molecule has 0 unspecified atom stereocenters. The number of aromatic nitrogens is 2. The maximum atomic E-state index is 11.9. The number of nitrogens with one attached hydrogen (secondary N) is 1. The van der Waals surface area contributed by atoms with Crippen molar-refractivity contribution < 1.29 is 14.3 Å². The zero-order valence-corrected chi connectivity index (χ0v) is 15.1. The highest BCUT2D eigenvalue weighted by atomic mass is 35.5. The van der Waals surface area contributed by atoms with E-state index in [9.17, 15) is 9.59 Å². The molecule has 6 nitrogen and oxygen atoms in total. The van der Waals surface area contributed by atoms with Gasteiger partial charge in [0.2, 0.25) is 0 Å². The van der Waals surface area contributed by atoms with Crippen molar-refractivity contribution in [3.8, 4) is 0 Å². The summed E-state index contributed by atoms with van der Waals surface area (Å²) >= 11 is 6.30. The molecule has 0 aromatic carbocycles. The average Bonchev–Trinajstić information content (AvgIpc) is 3.30. The number of carbonyl (C=O) groups excluding carboxylic acids is 2. The minimum atomic E-state index is -0.813. The summed E-state index contributed by atoms with van der Waals surface area (Å²) in [4.78, 5) is 23.6. The van der Waals surface area contributed by atoms with Crippen LogP contribution in [0.2, 0.25) is 5.15 Å². The number of rotatable bonds is 8. The van der Waals surface area contributed by atoms with Crippen molar-refractivity contribution in [2.24, 2.45) is 0 Å². The summed E-state index contributed by atoms with van der Waals surface area (Å²) in [6.45, 7) is 6.24. The molecule has 1 fully saturated rings. The molecule has 1 aromatic heterocycles. The first-order valence-electron chi connectivity index (χ1n) is 8.34. The largest absolute Gasteiger partial charge is 0.449 e. The summed E-state index contributed by atoms with van der Waals surface area (Å²) < 4.78 is 6.84. The summed E-state index contributed by atoms with van der Waals surface area (Å²) in [6, 6.07) is 0.240. The van der Waals surface area contributed by atoms with Gasteiger partial charge in [0.05, 0.1) is 5.69 Å². The van der Waals surface area contributed by atoms with Gasteiger partial charge < -0.3 is 10.1 Å². The Kier molecular flexibility index (Phi) is 6.43. The Bertz CT molecular complexity index is 635. The second-order valence-corrected chi connectivity index (χ2v) is 6.42. The van der Waals surface area contributed by atoms with Crippen molar-refractivity contribution in [2.75, 3.05) is 0 Å². The number of hydrogen-bond donors (Lipinski definition) is 1. The first-order valence-corrected chi connectivity index (χ1v) is 8.72. The van der Waals surface area contributed by atoms with Crippen LogP contribution in [0.1, 0.15) is 50.8 Å². The van der Waals surface area contributed by atoms with E-state index in [-0.39, 0.29) is 11.9 Å². The molecule has 2 rings (SSSR count). The zero-order chi connectivity index (χ0) is 17.7. The Balaban J connectivity index is 1.93. The van der Waals surface area contributed by atoms with E-state index in [2.05, 4.69) is 17.3 Å². The smallest absolute Gasteiger partial charge is 0.331 e. The molecule has 1 aliphatic rings. The quantitative estimate of drug-likeness (QED) is 0.576. The molecule has 0 bridgehead atoms. The second kappa shape index (κ2) is 8.33. The van der Waals surface area contributed by atoms with E-state index in [1.54, 1.807) is 17.7 Å². The fourth-order valence-electron chi connectivity index (χ4n) is 2.18. The first kappa shape index (κ1) is 18.5. The number of aryl methyl sites for hydroxylation is 2. The van der Waals surface area contributed by atoms with E-state index in [0.29, 0.717) is 10.7 Å². The van der Waals surface area contributed by atoms with Crippen molar-refractivity contribution in [1.29, 1.82) is 0 Å². The van der Waals surface area contributed by atoms with Gasteiger partial charge in [0.15, 0.2) is 6.10 Å². The Morgan fingerprint density at radius 3 is 2.83 bits per heavy atom. The van der Waals surface area contributed by atoms with Gasteiger partial charge in [-0.05, 0) is 39.2 Å². The van der Waals surface area contributed by atoms with Gasteiger partial charge >= 0.3 is 5.97 Å². The number of nitrogens with zero attached hydrogens (tertiary/aromatic N) is 2. The zero-order valence-electron chi connectivity index (χ0n) is 14.3. The van der Waals surface area contributed by atoms with E-state index >= 15 is 0 Å². The van der Waals surface area contributed by atoms with Crippen molar-refractivity contribution >= 4 is 29.6 Å². The van der Waals surface area contributed by atoms with Crippen molar-refractivity contribution in [3.63, 3.8) is 0 Å². The Labute approximate surface area is 147 Å². The number of ether oxygens (including phenoxy) is 1. The third kappa shape index (κ3) is 5.09. The molecule has 24 heavy (non-hydrogen) atoms. The van der Waals surface area contributed by atoms with Crippen LogP contribution in [0.15, 0.2) is 6.08 Å². The van der Waals surface area contributed by atoms with E-state index < -0.39 is 12.1 Å². The van der Waals surface area contributed by atoms with Gasteiger partial charge in [-0.1, -0.05) is 24.9 Å². The van der Waals surface area contributed by atoms with Crippen LogP contribution < -0.4 is 5.32 Å². The molecule has 0 spiro atoms. The highest BCUT2D eigenvalue weighted by Crippen LogP contribution is 2.22. The van der Waals surface area contributed by atoms with Crippen LogP contribution in [0.4, 0.5) is 0 Å². The summed E-state index contributed by atoms with van der Waals surface area (Å²) in [5.74, 6) is -0.842. The molecular formula is C17H24ClN3O3. The van der Waals surface area contributed by atoms with Crippen LogP contribution in [-0.4, -0.2) is 33.8 Å². The summed E-state index contributed by atoms with van der Waals surface area (Å²) in [5, 5.41) is 7.68. The Morgan fingerprint density at radius 2 is 2.21 bits per heavy atom. The first-order chi connectivity index (χ1) is 11.4. The van der Waals surface area contributed by atoms with Gasteiger partial charge in [-0.25, -0.2) is 4.79 Å². The Hall–Kier alpha value is -1.82. The van der Waals surface area contributed by atoms with E-state index in [1.807, 2.05) is 6.92 Å². The average molecular weight is 354 g/mol. The normalized spacial score (nSPS) is 15.5. The van der Waals surface area contributed by atoms with E-state index in [4.69, 9.17) is 16.3 Å². The van der Waals surface area contributed by atoms with Crippen molar-refractivity contribution in [2.45, 2.75) is 65.1 Å². The van der Waals surface area contributed by atoms with Crippen molar-refractivity contribution in [3.05, 3.63) is 22.5 Å². The lowest BCUT2D eigenvalue weighted by molar-refractivity contribution is -0.150. The monoisotopic (exact) mass is 353 g/mol. The third-order valence-corrected chi connectivity index (χ3v) is 4.20. The predicted molar refractivity (Wildman–Crippen MR) is 92.6 cm³/mol. The minimum Gasteiger partial charge on any atom is -0.449 e. The van der Waals surface area contributed by atoms with Crippen molar-refractivity contribution in [1.82, 2.24) is 15.1 Å². The van der Waals surface area contributed by atoms with Crippen LogP contribution in [0.5, 0.6) is 0 Å². The van der Waals surface area contributed by atoms with Crippen LogP contribution in [-0.2, 0) is 20.9 Å². The molecule has 0 aliphatic heterocycles. The molecule has 0 saturated heterocycles. The molecular weight excluding hydrogens is 330 g/mol. The molecule has 1 heterocycles. The van der Waals surface area contributed by atoms with Gasteiger partial charge in [0, 0.05) is 24.2 Å². The van der Waals surface area contributed by atoms with Gasteiger partial charge in [-0.3, -0.25) is 9.48 Å². The SMILES string of the molecule is CCCCn1nc(C)c(/C=C/C(=O)O[C@@H](C)C(=O)NC2CC2)c1Cl. The molecule has 1 aromatic rings. The minimum absolute atomic E-state index is 0.240. The maximum Gasteiger partial charge on any atom is 0.331 e. The lowest BCUT2D eigenvalue weighted by Gasteiger charge is -2.11. The Morgan fingerprint density at radius 1 is 1.50 bits per heavy atom. The summed E-state index contributed by atoms with van der Waals surface area (Å²) in [6.07, 6.45) is 6.07. The van der Waals surface area contributed by atoms with Gasteiger partial charge in [0.25, 0.3) is 5.91 Å². The number of hydrogen-bond acceptors (Lipinski definition) is 4. The second-order valence-electron chi connectivity index (χ2n) is 6.06. The third-order valence-electron chi connectivity index (χ3n) is 3.80. The summed E-state index contributed by atoms with van der Waals surface area (Å²) in [7, 11) is 0. The lowest BCUT2D eigenvalue weighted by Crippen LogP contribution is -2.36. The van der Waals surface area contributed by atoms with Crippen LogP contribution in [0, 0.1) is 6.92 Å². The fraction of sp³-hybridized carbons (Fsp3) is 0.588. The van der Waals surface area contributed by atoms with E-state index in [0.717, 1.165) is 37.9 Å². The van der Waals surface area contributed by atoms with Crippen LogP contribution in [0.3, 0.4) is 0 Å². The van der Waals surface area contributed by atoms with Gasteiger partial charge in [-0.2, -0.15) is 5.10 Å². The fourth-order valence-corrected chi connectivity index (χ4v) is 2.50. The molecule has 1 amide bonds. The van der Waals surface area contributed by atoms with E-state index in [1.165, 1.54) is 6.08 Å².